The zero-order chi connectivity index (χ0) is 23.2. The molecule has 0 bridgehead atoms. The van der Waals surface area contributed by atoms with Crippen molar-refractivity contribution in [1.29, 1.82) is 10.5 Å². The van der Waals surface area contributed by atoms with E-state index in [1.165, 1.54) is 0 Å². The Hall–Kier alpha value is -3.44. The highest BCUT2D eigenvalue weighted by Gasteiger charge is 2.49. The molecule has 1 saturated heterocycles. The van der Waals surface area contributed by atoms with Crippen LogP contribution in [-0.4, -0.2) is 19.0 Å². The number of nitrogens with zero attached hydrogens (tertiary/aromatic N) is 2. The minimum Gasteiger partial charge on any atom is -0.347 e. The van der Waals surface area contributed by atoms with E-state index in [0.29, 0.717) is 26.1 Å². The highest BCUT2D eigenvalue weighted by Crippen LogP contribution is 2.51. The van der Waals surface area contributed by atoms with E-state index in [1.807, 2.05) is 42.5 Å². The average Bonchev–Trinajstić information content (AvgIpc) is 3.32. The molecule has 4 rings (SSSR count). The number of nitriles is 2. The van der Waals surface area contributed by atoms with Crippen LogP contribution in [0.1, 0.15) is 36.3 Å². The Bertz CT molecular complexity index is 1090. The maximum atomic E-state index is 10.2. The molecule has 1 aliphatic carbocycles. The standard InChI is InChI=1S/C29H28N2O2/c1-2-16-28(21-30,22-31)27-15-17-29(32-18-19-33-29)20-26(27)25(24-11-7-4-8-12-24)14-13-23-9-5-3-6-10-23/h2-15,25-26H,1,16-20H2/b14-13+/t25-,26?/m0/s1. The van der Waals surface area contributed by atoms with E-state index in [1.54, 1.807) is 6.08 Å². The third kappa shape index (κ3) is 4.69. The second kappa shape index (κ2) is 10.0. The molecule has 1 fully saturated rings. The summed E-state index contributed by atoms with van der Waals surface area (Å²) >= 11 is 0. The van der Waals surface area contributed by atoms with E-state index in [4.69, 9.17) is 9.47 Å². The SMILES string of the molecule is C=CCC(C#N)(C#N)C1=CCC2(CC1[C@@H](/C=C/c1ccccc1)c1ccccc1)OCCO2. The molecule has 0 saturated carbocycles. The first-order chi connectivity index (χ1) is 16.2. The molecule has 1 unspecified atom stereocenters. The largest absolute Gasteiger partial charge is 0.347 e. The Morgan fingerprint density at radius 2 is 1.67 bits per heavy atom. The summed E-state index contributed by atoms with van der Waals surface area (Å²) < 4.78 is 12.1. The van der Waals surface area contributed by atoms with Gasteiger partial charge in [-0.25, -0.2) is 0 Å². The summed E-state index contributed by atoms with van der Waals surface area (Å²) in [4.78, 5) is 0. The summed E-state index contributed by atoms with van der Waals surface area (Å²) in [7, 11) is 0. The number of hydrogen-bond donors (Lipinski definition) is 0. The first kappa shape index (κ1) is 22.7. The van der Waals surface area contributed by atoms with Crippen LogP contribution >= 0.6 is 0 Å². The first-order valence-corrected chi connectivity index (χ1v) is 11.4. The first-order valence-electron chi connectivity index (χ1n) is 11.4. The van der Waals surface area contributed by atoms with Gasteiger partial charge in [-0.2, -0.15) is 10.5 Å². The monoisotopic (exact) mass is 436 g/mol. The predicted octanol–water partition coefficient (Wildman–Crippen LogP) is 6.17. The molecule has 4 heteroatoms. The topological polar surface area (TPSA) is 66.0 Å². The molecule has 1 spiro atoms. The molecule has 166 valence electrons. The van der Waals surface area contributed by atoms with Crippen molar-refractivity contribution in [2.24, 2.45) is 11.3 Å². The van der Waals surface area contributed by atoms with Crippen molar-refractivity contribution < 1.29 is 9.47 Å². The maximum Gasteiger partial charge on any atom is 0.172 e. The van der Waals surface area contributed by atoms with Crippen LogP contribution in [0.3, 0.4) is 0 Å². The van der Waals surface area contributed by atoms with Gasteiger partial charge in [0, 0.05) is 25.2 Å². The molecule has 4 nitrogen and oxygen atoms in total. The van der Waals surface area contributed by atoms with Crippen molar-refractivity contribution in [3.8, 4) is 12.1 Å². The van der Waals surface area contributed by atoms with E-state index in [9.17, 15) is 10.5 Å². The molecule has 2 aromatic carbocycles. The van der Waals surface area contributed by atoms with Crippen molar-refractivity contribution in [3.05, 3.63) is 102 Å². The van der Waals surface area contributed by atoms with Crippen LogP contribution in [0.15, 0.2) is 91.0 Å². The number of benzene rings is 2. The number of rotatable bonds is 7. The minimum absolute atomic E-state index is 0.0616. The highest BCUT2D eigenvalue weighted by atomic mass is 16.7. The smallest absolute Gasteiger partial charge is 0.172 e. The van der Waals surface area contributed by atoms with E-state index in [0.717, 1.165) is 16.7 Å². The average molecular weight is 437 g/mol. The van der Waals surface area contributed by atoms with E-state index in [2.05, 4.69) is 55.1 Å². The van der Waals surface area contributed by atoms with Gasteiger partial charge in [0.05, 0.1) is 25.4 Å². The molecule has 0 aromatic heterocycles. The van der Waals surface area contributed by atoms with Crippen LogP contribution in [0.5, 0.6) is 0 Å². The lowest BCUT2D eigenvalue weighted by atomic mass is 9.64. The summed E-state index contributed by atoms with van der Waals surface area (Å²) in [6.07, 6.45) is 9.37. The second-order valence-electron chi connectivity index (χ2n) is 8.61. The van der Waals surface area contributed by atoms with Crippen molar-refractivity contribution in [2.75, 3.05) is 13.2 Å². The number of ether oxygens (including phenoxy) is 2. The lowest BCUT2D eigenvalue weighted by molar-refractivity contribution is -0.170. The second-order valence-corrected chi connectivity index (χ2v) is 8.61. The lowest BCUT2D eigenvalue weighted by Gasteiger charge is -2.42. The van der Waals surface area contributed by atoms with E-state index in [-0.39, 0.29) is 18.3 Å². The van der Waals surface area contributed by atoms with Gasteiger partial charge in [0.2, 0.25) is 0 Å². The third-order valence-electron chi connectivity index (χ3n) is 6.62. The van der Waals surface area contributed by atoms with Crippen LogP contribution in [0.2, 0.25) is 0 Å². The van der Waals surface area contributed by atoms with Gasteiger partial charge in [0.1, 0.15) is 0 Å². The molecule has 0 N–H and O–H groups in total. The molecule has 2 atom stereocenters. The zero-order valence-corrected chi connectivity index (χ0v) is 18.7. The van der Waals surface area contributed by atoms with Crippen LogP contribution in [0.4, 0.5) is 0 Å². The Morgan fingerprint density at radius 3 is 2.27 bits per heavy atom. The number of hydrogen-bond acceptors (Lipinski definition) is 4. The van der Waals surface area contributed by atoms with Gasteiger partial charge in [-0.05, 0) is 22.6 Å². The predicted molar refractivity (Wildman–Crippen MR) is 129 cm³/mol. The van der Waals surface area contributed by atoms with Gasteiger partial charge in [0.15, 0.2) is 11.2 Å². The Balaban J connectivity index is 1.83. The van der Waals surface area contributed by atoms with Gasteiger partial charge in [0.25, 0.3) is 0 Å². The Morgan fingerprint density at radius 1 is 1.03 bits per heavy atom. The Kier molecular flexibility index (Phi) is 6.90. The van der Waals surface area contributed by atoms with Gasteiger partial charge >= 0.3 is 0 Å². The molecule has 2 aliphatic rings. The third-order valence-corrected chi connectivity index (χ3v) is 6.62. The summed E-state index contributed by atoms with van der Waals surface area (Å²) in [6.45, 7) is 4.93. The maximum absolute atomic E-state index is 10.2. The molecular weight excluding hydrogens is 408 g/mol. The Labute approximate surface area is 196 Å². The minimum atomic E-state index is -1.26. The van der Waals surface area contributed by atoms with Crippen LogP contribution in [-0.2, 0) is 9.47 Å². The summed E-state index contributed by atoms with van der Waals surface area (Å²) in [5, 5.41) is 20.3. The van der Waals surface area contributed by atoms with E-state index >= 15 is 0 Å². The highest BCUT2D eigenvalue weighted by molar-refractivity contribution is 5.52. The van der Waals surface area contributed by atoms with Crippen LogP contribution in [0.25, 0.3) is 6.08 Å². The van der Waals surface area contributed by atoms with Gasteiger partial charge in [-0.3, -0.25) is 0 Å². The lowest BCUT2D eigenvalue weighted by Crippen LogP contribution is -2.41. The van der Waals surface area contributed by atoms with E-state index < -0.39 is 11.2 Å². The van der Waals surface area contributed by atoms with Crippen molar-refractivity contribution in [3.63, 3.8) is 0 Å². The van der Waals surface area contributed by atoms with Crippen molar-refractivity contribution in [2.45, 2.75) is 31.0 Å². The normalized spacial score (nSPS) is 20.7. The van der Waals surface area contributed by atoms with Gasteiger partial charge < -0.3 is 9.47 Å². The fraction of sp³-hybridized carbons (Fsp3) is 0.310. The van der Waals surface area contributed by atoms with Crippen molar-refractivity contribution >= 4 is 6.08 Å². The van der Waals surface area contributed by atoms with Crippen LogP contribution in [0, 0.1) is 34.0 Å². The van der Waals surface area contributed by atoms with Crippen LogP contribution < -0.4 is 0 Å². The molecule has 1 aliphatic heterocycles. The molecule has 33 heavy (non-hydrogen) atoms. The fourth-order valence-corrected chi connectivity index (χ4v) is 5.00. The summed E-state index contributed by atoms with van der Waals surface area (Å²) in [5.74, 6) is -0.904. The molecule has 0 radical (unpaired) electrons. The number of allylic oxidation sites excluding steroid dienone is 3. The fourth-order valence-electron chi connectivity index (χ4n) is 5.00. The molecule has 2 aromatic rings. The molecular formula is C29H28N2O2. The molecule has 0 amide bonds. The quantitative estimate of drug-likeness (QED) is 0.487. The molecule has 1 heterocycles. The van der Waals surface area contributed by atoms with Gasteiger partial charge in [-0.1, -0.05) is 85.0 Å². The van der Waals surface area contributed by atoms with Crippen molar-refractivity contribution in [1.82, 2.24) is 0 Å². The summed E-state index contributed by atoms with van der Waals surface area (Å²) in [5.41, 5.74) is 1.80. The van der Waals surface area contributed by atoms with Gasteiger partial charge in [-0.15, -0.1) is 6.58 Å². The zero-order valence-electron chi connectivity index (χ0n) is 18.7. The summed E-state index contributed by atoms with van der Waals surface area (Å²) in [6, 6.07) is 25.0.